The van der Waals surface area contributed by atoms with Crippen LogP contribution in [0.25, 0.3) is 0 Å². The van der Waals surface area contributed by atoms with E-state index < -0.39 is 0 Å². The topological polar surface area (TPSA) is 84.2 Å². The molecule has 1 aromatic rings. The number of nitrogens with zero attached hydrogens (tertiary/aromatic N) is 4. The van der Waals surface area contributed by atoms with Crippen LogP contribution in [0.5, 0.6) is 0 Å². The molecule has 0 bridgehead atoms. The van der Waals surface area contributed by atoms with E-state index in [1.807, 2.05) is 16.7 Å². The molecule has 0 aliphatic carbocycles. The van der Waals surface area contributed by atoms with Gasteiger partial charge in [0.25, 0.3) is 0 Å². The van der Waals surface area contributed by atoms with Gasteiger partial charge in [0, 0.05) is 25.4 Å². The molecule has 2 heterocycles. The number of anilines is 2. The highest BCUT2D eigenvalue weighted by atomic mass is 32.2. The Balaban J connectivity index is 2.38. The van der Waals surface area contributed by atoms with Crippen molar-refractivity contribution in [2.75, 3.05) is 41.4 Å². The van der Waals surface area contributed by atoms with Crippen LogP contribution in [-0.4, -0.2) is 46.0 Å². The summed E-state index contributed by atoms with van der Waals surface area (Å²) in [5, 5.41) is 14.5. The fourth-order valence-electron chi connectivity index (χ4n) is 2.26. The van der Waals surface area contributed by atoms with Crippen LogP contribution < -0.4 is 10.2 Å². The zero-order valence-electron chi connectivity index (χ0n) is 12.5. The van der Waals surface area contributed by atoms with Crippen LogP contribution >= 0.6 is 11.8 Å². The number of hydrogen-bond donors (Lipinski definition) is 1. The maximum Gasteiger partial charge on any atom is 0.332 e. The number of thioether (sulfide) groups is 1. The van der Waals surface area contributed by atoms with Crippen LogP contribution in [0, 0.1) is 17.0 Å². The first-order valence-electron chi connectivity index (χ1n) is 7.23. The predicted molar refractivity (Wildman–Crippen MR) is 86.4 cm³/mol. The Morgan fingerprint density at radius 2 is 2.19 bits per heavy atom. The van der Waals surface area contributed by atoms with Gasteiger partial charge < -0.3 is 10.2 Å². The lowest BCUT2D eigenvalue weighted by Gasteiger charge is -2.21. The minimum atomic E-state index is -0.369. The molecule has 2 rings (SSSR count). The molecule has 8 heteroatoms. The van der Waals surface area contributed by atoms with Crippen molar-refractivity contribution in [3.63, 3.8) is 0 Å². The molecule has 7 nitrogen and oxygen atoms in total. The van der Waals surface area contributed by atoms with Gasteiger partial charge in [-0.2, -0.15) is 16.7 Å². The molecule has 0 saturated carbocycles. The second-order valence-corrected chi connectivity index (χ2v) is 6.17. The predicted octanol–water partition coefficient (Wildman–Crippen LogP) is 2.46. The summed E-state index contributed by atoms with van der Waals surface area (Å²) in [7, 11) is 0. The van der Waals surface area contributed by atoms with Gasteiger partial charge in [-0.05, 0) is 25.5 Å². The van der Waals surface area contributed by atoms with E-state index in [1.165, 1.54) is 0 Å². The van der Waals surface area contributed by atoms with E-state index in [-0.39, 0.29) is 10.6 Å². The highest BCUT2D eigenvalue weighted by molar-refractivity contribution is 7.99. The third-order valence-corrected chi connectivity index (χ3v) is 4.33. The van der Waals surface area contributed by atoms with Gasteiger partial charge in [-0.15, -0.1) is 0 Å². The Kier molecular flexibility index (Phi) is 5.60. The molecule has 1 aliphatic rings. The average Bonchev–Trinajstić information content (AvgIpc) is 2.72. The third-order valence-electron chi connectivity index (χ3n) is 3.28. The molecule has 1 N–H and O–H groups in total. The zero-order valence-corrected chi connectivity index (χ0v) is 13.3. The van der Waals surface area contributed by atoms with Crippen molar-refractivity contribution in [3.05, 3.63) is 15.8 Å². The minimum Gasteiger partial charge on any atom is -0.354 e. The Morgan fingerprint density at radius 3 is 2.90 bits per heavy atom. The lowest BCUT2D eigenvalue weighted by molar-refractivity contribution is -0.385. The maximum atomic E-state index is 11.4. The van der Waals surface area contributed by atoms with Gasteiger partial charge in [-0.25, -0.2) is 4.98 Å². The summed E-state index contributed by atoms with van der Waals surface area (Å²) >= 11 is 1.88. The number of aryl methyl sites for hydroxylation is 1. The summed E-state index contributed by atoms with van der Waals surface area (Å²) in [6.07, 6.45) is 1.97. The molecule has 0 radical (unpaired) electrons. The van der Waals surface area contributed by atoms with Crippen molar-refractivity contribution in [2.24, 2.45) is 0 Å². The molecule has 0 aromatic carbocycles. The number of rotatable bonds is 5. The van der Waals surface area contributed by atoms with Crippen molar-refractivity contribution >= 4 is 29.2 Å². The van der Waals surface area contributed by atoms with Crippen LogP contribution in [0.4, 0.5) is 17.5 Å². The average molecular weight is 311 g/mol. The fraction of sp³-hybridized carbons (Fsp3) is 0.692. The fourth-order valence-corrected chi connectivity index (χ4v) is 3.15. The van der Waals surface area contributed by atoms with Gasteiger partial charge >= 0.3 is 5.69 Å². The molecule has 0 unspecified atom stereocenters. The Morgan fingerprint density at radius 1 is 1.38 bits per heavy atom. The van der Waals surface area contributed by atoms with Crippen molar-refractivity contribution < 1.29 is 4.92 Å². The van der Waals surface area contributed by atoms with Crippen LogP contribution in [0.2, 0.25) is 0 Å². The molecular formula is C13H21N5O2S. The molecule has 1 aromatic heterocycles. The molecule has 0 atom stereocenters. The van der Waals surface area contributed by atoms with Gasteiger partial charge in [0.15, 0.2) is 0 Å². The second kappa shape index (κ2) is 7.44. The van der Waals surface area contributed by atoms with E-state index in [2.05, 4.69) is 22.2 Å². The Labute approximate surface area is 128 Å². The summed E-state index contributed by atoms with van der Waals surface area (Å²) < 4.78 is 0. The molecule has 0 spiro atoms. The van der Waals surface area contributed by atoms with Crippen molar-refractivity contribution in [1.82, 2.24) is 9.97 Å². The normalized spacial score (nSPS) is 15.6. The molecule has 1 fully saturated rings. The summed E-state index contributed by atoms with van der Waals surface area (Å²) in [5.41, 5.74) is 0.449. The van der Waals surface area contributed by atoms with Gasteiger partial charge in [0.05, 0.1) is 4.92 Å². The lowest BCUT2D eigenvalue weighted by atomic mass is 10.3. The number of nitro groups is 1. The van der Waals surface area contributed by atoms with E-state index in [9.17, 15) is 10.1 Å². The first kappa shape index (κ1) is 15.8. The SMILES string of the molecule is CCCNc1nc(C)c([N+](=O)[O-])c(N2CCCSCC2)n1. The highest BCUT2D eigenvalue weighted by Crippen LogP contribution is 2.31. The zero-order chi connectivity index (χ0) is 15.2. The van der Waals surface area contributed by atoms with E-state index >= 15 is 0 Å². The molecule has 1 aliphatic heterocycles. The summed E-state index contributed by atoms with van der Waals surface area (Å²) in [6, 6.07) is 0. The summed E-state index contributed by atoms with van der Waals surface area (Å²) in [4.78, 5) is 21.6. The molecule has 0 amide bonds. The number of aromatic nitrogens is 2. The van der Waals surface area contributed by atoms with Crippen LogP contribution in [-0.2, 0) is 0 Å². The first-order valence-corrected chi connectivity index (χ1v) is 8.38. The maximum absolute atomic E-state index is 11.4. The van der Waals surface area contributed by atoms with Crippen LogP contribution in [0.1, 0.15) is 25.5 Å². The minimum absolute atomic E-state index is 0.0314. The van der Waals surface area contributed by atoms with Crippen LogP contribution in [0.3, 0.4) is 0 Å². The standard InChI is InChI=1S/C13H21N5O2S/c1-3-5-14-13-15-10(2)11(18(19)20)12(16-13)17-6-4-8-21-9-7-17/h3-9H2,1-2H3,(H,14,15,16). The Hall–Kier alpha value is -1.57. The van der Waals surface area contributed by atoms with Gasteiger partial charge in [0.1, 0.15) is 5.69 Å². The van der Waals surface area contributed by atoms with Gasteiger partial charge in [-0.3, -0.25) is 10.1 Å². The summed E-state index contributed by atoms with van der Waals surface area (Å²) in [5.74, 6) is 2.99. The van der Waals surface area contributed by atoms with E-state index in [1.54, 1.807) is 6.92 Å². The quantitative estimate of drug-likeness (QED) is 0.660. The molecule has 21 heavy (non-hydrogen) atoms. The summed E-state index contributed by atoms with van der Waals surface area (Å²) in [6.45, 7) is 6.07. The van der Waals surface area contributed by atoms with Crippen molar-refractivity contribution in [1.29, 1.82) is 0 Å². The van der Waals surface area contributed by atoms with E-state index in [0.717, 1.165) is 44.0 Å². The second-order valence-electron chi connectivity index (χ2n) is 4.94. The monoisotopic (exact) mass is 311 g/mol. The van der Waals surface area contributed by atoms with Crippen molar-refractivity contribution in [3.8, 4) is 0 Å². The molecular weight excluding hydrogens is 290 g/mol. The van der Waals surface area contributed by atoms with Gasteiger partial charge in [0.2, 0.25) is 11.8 Å². The highest BCUT2D eigenvalue weighted by Gasteiger charge is 2.26. The number of nitrogens with one attached hydrogen (secondary N) is 1. The Bertz CT molecular complexity index is 504. The lowest BCUT2D eigenvalue weighted by Crippen LogP contribution is -2.28. The third kappa shape index (κ3) is 3.96. The largest absolute Gasteiger partial charge is 0.354 e. The molecule has 1 saturated heterocycles. The van der Waals surface area contributed by atoms with Gasteiger partial charge in [-0.1, -0.05) is 6.92 Å². The van der Waals surface area contributed by atoms with Crippen LogP contribution in [0.15, 0.2) is 0 Å². The number of hydrogen-bond acceptors (Lipinski definition) is 7. The smallest absolute Gasteiger partial charge is 0.332 e. The van der Waals surface area contributed by atoms with E-state index in [4.69, 9.17) is 0 Å². The molecule has 116 valence electrons. The van der Waals surface area contributed by atoms with Crippen molar-refractivity contribution in [2.45, 2.75) is 26.7 Å². The first-order chi connectivity index (χ1) is 10.1. The van der Waals surface area contributed by atoms with E-state index in [0.29, 0.717) is 17.5 Å².